The second-order valence-corrected chi connectivity index (χ2v) is 5.34. The lowest BCUT2D eigenvalue weighted by atomic mass is 10.1. The van der Waals surface area contributed by atoms with Crippen LogP contribution in [0.2, 0.25) is 0 Å². The van der Waals surface area contributed by atoms with E-state index in [2.05, 4.69) is 10.3 Å². The van der Waals surface area contributed by atoms with Crippen molar-refractivity contribution < 1.29 is 4.79 Å². The van der Waals surface area contributed by atoms with Gasteiger partial charge in [0.05, 0.1) is 0 Å². The minimum Gasteiger partial charge on any atom is -0.361 e. The number of hydrogen-bond acceptors (Lipinski definition) is 1. The summed E-state index contributed by atoms with van der Waals surface area (Å²) in [6.07, 6.45) is 5.81. The Hall–Kier alpha value is -3.27. The number of carbonyl (C=O) groups is 1. The van der Waals surface area contributed by atoms with Crippen LogP contribution in [0.25, 0.3) is 16.6 Å². The van der Waals surface area contributed by atoms with Crippen LogP contribution in [0.15, 0.2) is 79.3 Å². The number of aromatic nitrogens is 2. The van der Waals surface area contributed by atoms with Gasteiger partial charge in [-0.3, -0.25) is 4.79 Å². The van der Waals surface area contributed by atoms with Crippen LogP contribution < -0.4 is 5.32 Å². The Morgan fingerprint density at radius 3 is 2.48 bits per heavy atom. The molecule has 4 rings (SSSR count). The second kappa shape index (κ2) is 5.50. The summed E-state index contributed by atoms with van der Waals surface area (Å²) in [7, 11) is 0. The predicted molar refractivity (Wildman–Crippen MR) is 92.0 cm³/mol. The average Bonchev–Trinajstić information content (AvgIpc) is 3.26. The number of nitrogens with one attached hydrogen (secondary N) is 2. The molecule has 0 bridgehead atoms. The second-order valence-electron chi connectivity index (χ2n) is 5.34. The number of fused-ring (bicyclic) bond motifs is 1. The van der Waals surface area contributed by atoms with Gasteiger partial charge < -0.3 is 14.9 Å². The maximum Gasteiger partial charge on any atom is 0.256 e. The maximum atomic E-state index is 12.5. The van der Waals surface area contributed by atoms with Gasteiger partial charge in [0.25, 0.3) is 5.91 Å². The number of H-pyrrole nitrogens is 1. The van der Waals surface area contributed by atoms with Crippen LogP contribution in [0.4, 0.5) is 5.69 Å². The third-order valence-electron chi connectivity index (χ3n) is 3.87. The molecular formula is C19H15N3O. The highest BCUT2D eigenvalue weighted by Gasteiger charge is 2.10. The van der Waals surface area contributed by atoms with Crippen molar-refractivity contribution in [3.8, 4) is 5.69 Å². The maximum absolute atomic E-state index is 12.5. The molecule has 2 heterocycles. The quantitative estimate of drug-likeness (QED) is 0.585. The summed E-state index contributed by atoms with van der Waals surface area (Å²) in [6.45, 7) is 0. The number of anilines is 1. The summed E-state index contributed by atoms with van der Waals surface area (Å²) < 4.78 is 2.02. The Morgan fingerprint density at radius 2 is 1.70 bits per heavy atom. The Morgan fingerprint density at radius 1 is 0.913 bits per heavy atom. The third kappa shape index (κ3) is 2.51. The van der Waals surface area contributed by atoms with E-state index in [1.165, 1.54) is 0 Å². The Labute approximate surface area is 133 Å². The minimum atomic E-state index is -0.107. The first kappa shape index (κ1) is 13.4. The Bertz CT molecular complexity index is 950. The third-order valence-corrected chi connectivity index (χ3v) is 3.87. The largest absolute Gasteiger partial charge is 0.361 e. The number of benzene rings is 2. The molecule has 112 valence electrons. The number of aromatic amines is 1. The van der Waals surface area contributed by atoms with Gasteiger partial charge in [-0.05, 0) is 54.6 Å². The average molecular weight is 301 g/mol. The smallest absolute Gasteiger partial charge is 0.256 e. The molecule has 0 spiro atoms. The Balaban J connectivity index is 1.58. The van der Waals surface area contributed by atoms with E-state index in [0.717, 1.165) is 22.3 Å². The first-order chi connectivity index (χ1) is 11.3. The van der Waals surface area contributed by atoms with Gasteiger partial charge in [0.1, 0.15) is 0 Å². The van der Waals surface area contributed by atoms with Crippen LogP contribution in [-0.2, 0) is 0 Å². The van der Waals surface area contributed by atoms with Crippen LogP contribution in [-0.4, -0.2) is 15.5 Å². The van der Waals surface area contributed by atoms with Crippen molar-refractivity contribution in [2.45, 2.75) is 0 Å². The molecule has 0 aliphatic heterocycles. The standard InChI is InChI=1S/C19H15N3O/c23-19(17-4-3-5-18-16(17)10-11-20-18)21-14-6-8-15(9-7-14)22-12-1-2-13-22/h1-13,20H,(H,21,23). The summed E-state index contributed by atoms with van der Waals surface area (Å²) in [4.78, 5) is 15.6. The van der Waals surface area contributed by atoms with Crippen LogP contribution in [0.5, 0.6) is 0 Å². The van der Waals surface area contributed by atoms with Gasteiger partial charge in [-0.1, -0.05) is 6.07 Å². The molecule has 23 heavy (non-hydrogen) atoms. The highest BCUT2D eigenvalue weighted by atomic mass is 16.1. The van der Waals surface area contributed by atoms with Gasteiger partial charge >= 0.3 is 0 Å². The van der Waals surface area contributed by atoms with Crippen molar-refractivity contribution in [3.05, 3.63) is 84.8 Å². The summed E-state index contributed by atoms with van der Waals surface area (Å²) in [5.41, 5.74) is 3.46. The molecule has 0 saturated heterocycles. The van der Waals surface area contributed by atoms with Crippen molar-refractivity contribution in [2.24, 2.45) is 0 Å². The SMILES string of the molecule is O=C(Nc1ccc(-n2cccc2)cc1)c1cccc2[nH]ccc12. The van der Waals surface area contributed by atoms with Gasteiger partial charge in [0, 0.05) is 46.4 Å². The zero-order valence-corrected chi connectivity index (χ0v) is 12.4. The van der Waals surface area contributed by atoms with Crippen molar-refractivity contribution in [2.75, 3.05) is 5.32 Å². The zero-order chi connectivity index (χ0) is 15.6. The molecule has 4 aromatic rings. The molecular weight excluding hydrogens is 286 g/mol. The molecule has 2 aromatic carbocycles. The van der Waals surface area contributed by atoms with Crippen LogP contribution >= 0.6 is 0 Å². The Kier molecular flexibility index (Phi) is 3.20. The summed E-state index contributed by atoms with van der Waals surface area (Å²) in [5, 5.41) is 3.88. The number of amides is 1. The molecule has 1 amide bonds. The van der Waals surface area contributed by atoms with Crippen LogP contribution in [0.3, 0.4) is 0 Å². The topological polar surface area (TPSA) is 49.8 Å². The van der Waals surface area contributed by atoms with E-state index in [0.29, 0.717) is 5.56 Å². The van der Waals surface area contributed by atoms with Gasteiger partial charge in [-0.25, -0.2) is 0 Å². The molecule has 2 aromatic heterocycles. The first-order valence-corrected chi connectivity index (χ1v) is 7.42. The molecule has 0 aliphatic rings. The van der Waals surface area contributed by atoms with E-state index in [1.807, 2.05) is 83.8 Å². The van der Waals surface area contributed by atoms with Crippen LogP contribution in [0, 0.1) is 0 Å². The summed E-state index contributed by atoms with van der Waals surface area (Å²) in [5.74, 6) is -0.107. The lowest BCUT2D eigenvalue weighted by molar-refractivity contribution is 0.102. The van der Waals surface area contributed by atoms with Gasteiger partial charge in [-0.15, -0.1) is 0 Å². The van der Waals surface area contributed by atoms with E-state index < -0.39 is 0 Å². The molecule has 0 saturated carbocycles. The molecule has 0 atom stereocenters. The highest BCUT2D eigenvalue weighted by molar-refractivity contribution is 6.12. The summed E-state index contributed by atoms with van der Waals surface area (Å²) >= 11 is 0. The minimum absolute atomic E-state index is 0.107. The zero-order valence-electron chi connectivity index (χ0n) is 12.4. The van der Waals surface area contributed by atoms with E-state index in [9.17, 15) is 4.79 Å². The number of nitrogens with zero attached hydrogens (tertiary/aromatic N) is 1. The molecule has 0 aliphatic carbocycles. The van der Waals surface area contributed by atoms with Crippen LogP contribution in [0.1, 0.15) is 10.4 Å². The highest BCUT2D eigenvalue weighted by Crippen LogP contribution is 2.20. The lowest BCUT2D eigenvalue weighted by Crippen LogP contribution is -2.12. The fraction of sp³-hybridized carbons (Fsp3) is 0. The van der Waals surface area contributed by atoms with Gasteiger partial charge in [-0.2, -0.15) is 0 Å². The molecule has 0 fully saturated rings. The summed E-state index contributed by atoms with van der Waals surface area (Å²) in [6, 6.07) is 19.3. The number of hydrogen-bond donors (Lipinski definition) is 2. The molecule has 2 N–H and O–H groups in total. The molecule has 4 heteroatoms. The molecule has 4 nitrogen and oxygen atoms in total. The van der Waals surface area contributed by atoms with Crippen molar-refractivity contribution in [1.82, 2.24) is 9.55 Å². The number of rotatable bonds is 3. The lowest BCUT2D eigenvalue weighted by Gasteiger charge is -2.08. The van der Waals surface area contributed by atoms with E-state index in [4.69, 9.17) is 0 Å². The van der Waals surface area contributed by atoms with Crippen molar-refractivity contribution >= 4 is 22.5 Å². The van der Waals surface area contributed by atoms with Crippen molar-refractivity contribution in [3.63, 3.8) is 0 Å². The van der Waals surface area contributed by atoms with Crippen molar-refractivity contribution in [1.29, 1.82) is 0 Å². The predicted octanol–water partition coefficient (Wildman–Crippen LogP) is 4.21. The normalized spacial score (nSPS) is 10.8. The molecule has 0 radical (unpaired) electrons. The van der Waals surface area contributed by atoms with Gasteiger partial charge in [0.15, 0.2) is 0 Å². The van der Waals surface area contributed by atoms with E-state index >= 15 is 0 Å². The van der Waals surface area contributed by atoms with E-state index in [1.54, 1.807) is 0 Å². The fourth-order valence-electron chi connectivity index (χ4n) is 2.71. The van der Waals surface area contributed by atoms with Gasteiger partial charge in [0.2, 0.25) is 0 Å². The first-order valence-electron chi connectivity index (χ1n) is 7.42. The fourth-order valence-corrected chi connectivity index (χ4v) is 2.71. The monoisotopic (exact) mass is 301 g/mol. The van der Waals surface area contributed by atoms with E-state index in [-0.39, 0.29) is 5.91 Å². The number of carbonyl (C=O) groups excluding carboxylic acids is 1. The molecule has 0 unspecified atom stereocenters.